The Kier molecular flexibility index (Phi) is 59.9. The third-order valence-corrected chi connectivity index (χ3v) is 66.2. The number of hydrogen-bond donors (Lipinski definition) is 1. The predicted molar refractivity (Wildman–Crippen MR) is 551 cm³/mol. The van der Waals surface area contributed by atoms with Crippen molar-refractivity contribution in [2.75, 3.05) is 54.2 Å². The van der Waals surface area contributed by atoms with Gasteiger partial charge in [0.15, 0.2) is 13.6 Å². The highest BCUT2D eigenvalue weighted by atomic mass is 79.9. The molecule has 0 aliphatic heterocycles. The Bertz CT molecular complexity index is 5290. The normalized spacial score (nSPS) is 19.0. The van der Waals surface area contributed by atoms with Gasteiger partial charge >= 0.3 is 18.3 Å². The fraction of sp³-hybridized carbons (Fsp3) is 0.493. The van der Waals surface area contributed by atoms with Gasteiger partial charge in [-0.25, -0.2) is 0 Å². The average molecular weight is 2240 g/mol. The van der Waals surface area contributed by atoms with Crippen LogP contribution in [0.4, 0.5) is 0 Å². The van der Waals surface area contributed by atoms with Crippen LogP contribution in [-0.2, 0) is 347 Å². The van der Waals surface area contributed by atoms with E-state index in [2.05, 4.69) is 180 Å². The van der Waals surface area contributed by atoms with Gasteiger partial charge in [-0.05, 0) is 230 Å². The molecule has 6 aromatic rings. The van der Waals surface area contributed by atoms with Crippen LogP contribution >= 0.6 is 31.9 Å². The molecule has 14 rings (SSSR count). The van der Waals surface area contributed by atoms with Crippen molar-refractivity contribution >= 4 is 352 Å². The number of benzene rings is 6. The third-order valence-electron chi connectivity index (χ3n) is 18.5. The molecule has 0 saturated heterocycles. The molecule has 8 bridgehead atoms. The first-order valence-corrected chi connectivity index (χ1v) is 71.3. The van der Waals surface area contributed by atoms with Crippen LogP contribution < -0.4 is 14.2 Å². The Morgan fingerprint density at radius 1 is 0.430 bits per heavy atom. The SMILES string of the molecule is C.CCc1cc(O)c2cc(-c3ccc(OCOCCOC)c(C45CC6CC(CC(C6)C4)C5)c3)ccc2c1.CCc1cc(OC(C)=O)c2cc(Br)ccc2c1.COCCOCOc1ccc(Br)cc1C12CC3CC(CC(C3)C1)C2.O=C=O.O=C=O.S=S=S=S=S=S=S=S=S.S=S=S=S=S=S=S=S=S=S.S=S=S=S=S=S=S=S=S=S=S. The summed E-state index contributed by atoms with van der Waals surface area (Å²) in [6, 6.07) is 33.7. The molecule has 13 nitrogen and oxygen atoms in total. The van der Waals surface area contributed by atoms with Gasteiger partial charge in [0.1, 0.15) is 23.0 Å². The summed E-state index contributed by atoms with van der Waals surface area (Å²) in [6.45, 7) is 8.43. The van der Waals surface area contributed by atoms with E-state index in [-0.39, 0.29) is 37.9 Å². The number of hydrogen-bond acceptors (Lipinski definition) is 19. The zero-order chi connectivity index (χ0) is 82.1. The molecule has 0 radical (unpaired) electrons. The summed E-state index contributed by atoms with van der Waals surface area (Å²) in [5.41, 5.74) is 7.96. The van der Waals surface area contributed by atoms with Gasteiger partial charge in [-0.1, -0.05) is 89.5 Å². The number of carbonyl (C=O) groups excluding carboxylic acids is 5. The summed E-state index contributed by atoms with van der Waals surface area (Å²) in [5.74, 6) is 8.05. The van der Waals surface area contributed by atoms with Crippen LogP contribution in [0.1, 0.15) is 128 Å². The summed E-state index contributed by atoms with van der Waals surface area (Å²) in [7, 11) is 41.4. The molecule has 0 unspecified atom stereocenters. The first-order valence-electron chi connectivity index (χ1n) is 33.7. The number of aryl methyl sites for hydroxylation is 2. The number of carbonyl (C=O) groups is 1. The number of phenolic OH excluding ortho intramolecular Hbond substituents is 1. The van der Waals surface area contributed by atoms with Crippen LogP contribution in [0.5, 0.6) is 23.0 Å². The van der Waals surface area contributed by atoms with Crippen LogP contribution in [0.2, 0.25) is 0 Å². The standard InChI is InChI=1S/C32H38O4.C20H27BrO3.C14H13BrO2.2CO2.CH4.S11.S10.S9/c1-3-21-13-27-5-4-25(15-28(27)30(33)14-21)26-6-7-31(36-20-35-9-8-34-2)29(16-26)32-17-22-10-23(18-32)12-24(11-22)19-32;1-22-4-5-23-13-24-19-3-2-17(21)9-18(19)20-10-14-6-15(11-20)8-16(7-14)12-20;1-3-10-6-11-4-5-12(15)8-13(11)14(7-10)17-9(2)16;2*2-1-3;;1-3-5-7-9-11-10-8-6-4-2;1-3-5-7-9-10-8-6-4-2;1-3-5-7-9-8-6-4-2/h4-7,13-16,22-24,33H,3,8-12,17-20H2,1-2H3;2-3,9,14-16H,4-8,10-13H2,1H3;4-8H,3H2,1-2H3;;;1H4;;;. The fourth-order valence-electron chi connectivity index (χ4n) is 15.6. The minimum atomic E-state index is -0.292. The van der Waals surface area contributed by atoms with Gasteiger partial charge in [0.2, 0.25) is 0 Å². The van der Waals surface area contributed by atoms with Crippen molar-refractivity contribution in [2.45, 2.75) is 129 Å². The number of rotatable bonds is 18. The molecule has 8 aliphatic carbocycles. The van der Waals surface area contributed by atoms with E-state index in [1.807, 2.05) is 30.3 Å². The fourth-order valence-corrected chi connectivity index (χ4v) is 65.7. The number of halogens is 2. The second-order valence-electron chi connectivity index (χ2n) is 25.2. The Hall–Kier alpha value is 0.870. The van der Waals surface area contributed by atoms with E-state index in [0.717, 1.165) is 107 Å². The van der Waals surface area contributed by atoms with Crippen LogP contribution in [0.25, 0.3) is 32.7 Å². The van der Waals surface area contributed by atoms with Crippen molar-refractivity contribution in [3.63, 3.8) is 0 Å². The Balaban J connectivity index is 0.000000306. The maximum absolute atomic E-state index is 11.1. The highest BCUT2D eigenvalue weighted by Crippen LogP contribution is 2.63. The maximum atomic E-state index is 11.1. The van der Waals surface area contributed by atoms with Crippen LogP contribution in [-0.4, -0.2) is 77.6 Å². The number of fused-ring (bicyclic) bond motifs is 2. The van der Waals surface area contributed by atoms with Crippen molar-refractivity contribution in [1.29, 1.82) is 0 Å². The summed E-state index contributed by atoms with van der Waals surface area (Å²) in [6.07, 6.45) is 18.8. The average Bonchev–Trinajstić information content (AvgIpc) is 0.738. The maximum Gasteiger partial charge on any atom is 0.373 e. The molecule has 0 atom stereocenters. The van der Waals surface area contributed by atoms with Gasteiger partial charge in [0, 0.05) is 332 Å². The molecule has 1 N–H and O–H groups in total. The van der Waals surface area contributed by atoms with Gasteiger partial charge in [-0.2, -0.15) is 19.2 Å². The van der Waals surface area contributed by atoms with Gasteiger partial charge in [0.05, 0.1) is 26.4 Å². The largest absolute Gasteiger partial charge is 0.507 e. The lowest BCUT2D eigenvalue weighted by Crippen LogP contribution is -2.48. The molecular weight excluding hydrogens is 2160 g/mol. The van der Waals surface area contributed by atoms with E-state index in [1.165, 1.54) is 154 Å². The lowest BCUT2D eigenvalue weighted by Gasteiger charge is -2.57. The first kappa shape index (κ1) is 107. The molecule has 0 heterocycles. The van der Waals surface area contributed by atoms with Crippen molar-refractivity contribution in [2.24, 2.45) is 35.5 Å². The van der Waals surface area contributed by atoms with Crippen molar-refractivity contribution in [1.82, 2.24) is 0 Å². The van der Waals surface area contributed by atoms with Crippen LogP contribution in [0.15, 0.2) is 106 Å². The van der Waals surface area contributed by atoms with Crippen LogP contribution in [0.3, 0.4) is 0 Å². The zero-order valence-corrected chi connectivity index (χ0v) is 88.4. The highest BCUT2D eigenvalue weighted by Gasteiger charge is 2.54. The molecular formula is C69H82Br2O13S30. The molecule has 8 fully saturated rings. The Morgan fingerprint density at radius 2 is 0.754 bits per heavy atom. The number of phenols is 1. The molecule has 630 valence electrons. The predicted octanol–water partition coefficient (Wildman–Crippen LogP) is 15.6. The van der Waals surface area contributed by atoms with Gasteiger partial charge < -0.3 is 38.3 Å². The second-order valence-corrected chi connectivity index (χ2v) is 69.5. The quantitative estimate of drug-likeness (QED) is 0.0373. The van der Waals surface area contributed by atoms with E-state index in [9.17, 15) is 9.90 Å². The third kappa shape index (κ3) is 39.2. The van der Waals surface area contributed by atoms with Crippen LogP contribution in [0, 0.1) is 35.5 Å². The minimum Gasteiger partial charge on any atom is -0.507 e. The smallest absolute Gasteiger partial charge is 0.373 e. The summed E-state index contributed by atoms with van der Waals surface area (Å²) in [4.78, 5) is 43.6. The lowest BCUT2D eigenvalue weighted by atomic mass is 9.48. The summed E-state index contributed by atoms with van der Waals surface area (Å²) < 4.78 is 41.0. The summed E-state index contributed by atoms with van der Waals surface area (Å²) >= 11 is 35.0. The van der Waals surface area contributed by atoms with E-state index < -0.39 is 0 Å². The van der Waals surface area contributed by atoms with Gasteiger partial charge in [-0.3, -0.25) is 4.79 Å². The van der Waals surface area contributed by atoms with E-state index in [0.29, 0.717) is 50.1 Å². The molecule has 45 heteroatoms. The molecule has 8 aliphatic rings. The molecule has 8 saturated carbocycles. The highest BCUT2D eigenvalue weighted by molar-refractivity contribution is 9.10. The van der Waals surface area contributed by atoms with Gasteiger partial charge in [0.25, 0.3) is 0 Å². The minimum absolute atomic E-state index is 0. The lowest BCUT2D eigenvalue weighted by molar-refractivity contribution is -0.193. The molecule has 0 amide bonds. The molecule has 6 aromatic carbocycles. The van der Waals surface area contributed by atoms with Crippen molar-refractivity contribution in [3.8, 4) is 34.1 Å². The Labute approximate surface area is 783 Å². The van der Waals surface area contributed by atoms with E-state index in [4.69, 9.17) is 52.3 Å². The zero-order valence-electron chi connectivity index (χ0n) is 60.7. The molecule has 114 heavy (non-hydrogen) atoms. The summed E-state index contributed by atoms with van der Waals surface area (Å²) in [5, 5.41) is 14.8. The molecule has 0 aromatic heterocycles. The number of esters is 1. The number of ether oxygens (including phenoxy) is 7. The van der Waals surface area contributed by atoms with Gasteiger partial charge in [-0.15, -0.1) is 0 Å². The number of aromatic hydroxyl groups is 1. The van der Waals surface area contributed by atoms with E-state index >= 15 is 0 Å². The van der Waals surface area contributed by atoms with Crippen molar-refractivity contribution < 1.29 is 62.2 Å². The number of methoxy groups -OCH3 is 2. The topological polar surface area (TPSA) is 170 Å². The molecule has 0 spiro atoms. The van der Waals surface area contributed by atoms with E-state index in [1.54, 1.807) is 174 Å². The second kappa shape index (κ2) is 63.7. The Morgan fingerprint density at radius 3 is 1.13 bits per heavy atom. The van der Waals surface area contributed by atoms with Crippen molar-refractivity contribution in [3.05, 3.63) is 128 Å². The monoisotopic (exact) mass is 2240 g/mol. The first-order chi connectivity index (χ1) is 54.9.